The highest BCUT2D eigenvalue weighted by Crippen LogP contribution is 2.15. The third-order valence-corrected chi connectivity index (χ3v) is 1.98. The predicted octanol–water partition coefficient (Wildman–Crippen LogP) is 1.10. The molecule has 0 spiro atoms. The summed E-state index contributed by atoms with van der Waals surface area (Å²) in [6.07, 6.45) is 1.87. The fraction of sp³-hybridized carbons (Fsp3) is 0.182. The Bertz CT molecular complexity index is 440. The minimum absolute atomic E-state index is 0.0491. The third-order valence-electron chi connectivity index (χ3n) is 1.98. The SMILES string of the molecule is C[C@@H](N=Cc1cc(C=O)ccc1O)C(=O)O. The molecule has 16 heavy (non-hydrogen) atoms. The molecule has 1 atom stereocenters. The number of nitrogens with zero attached hydrogens (tertiary/aromatic N) is 1. The molecule has 0 unspecified atom stereocenters. The summed E-state index contributed by atoms with van der Waals surface area (Å²) in [6, 6.07) is 3.36. The van der Waals surface area contributed by atoms with E-state index in [1.165, 1.54) is 31.3 Å². The van der Waals surface area contributed by atoms with Gasteiger partial charge in [0.2, 0.25) is 0 Å². The van der Waals surface area contributed by atoms with Crippen molar-refractivity contribution < 1.29 is 19.8 Å². The second kappa shape index (κ2) is 5.06. The summed E-state index contributed by atoms with van der Waals surface area (Å²) in [6.45, 7) is 1.42. The molecule has 0 amide bonds. The van der Waals surface area contributed by atoms with Crippen molar-refractivity contribution in [2.75, 3.05) is 0 Å². The molecule has 0 aliphatic rings. The molecule has 1 aromatic rings. The topological polar surface area (TPSA) is 87.0 Å². The van der Waals surface area contributed by atoms with E-state index >= 15 is 0 Å². The minimum atomic E-state index is -1.05. The van der Waals surface area contributed by atoms with Crippen LogP contribution in [0.4, 0.5) is 0 Å². The van der Waals surface area contributed by atoms with Crippen molar-refractivity contribution in [1.82, 2.24) is 0 Å². The lowest BCUT2D eigenvalue weighted by atomic mass is 10.1. The van der Waals surface area contributed by atoms with Gasteiger partial charge in [-0.05, 0) is 25.1 Å². The Balaban J connectivity index is 2.95. The van der Waals surface area contributed by atoms with E-state index in [0.29, 0.717) is 17.4 Å². The summed E-state index contributed by atoms with van der Waals surface area (Å²) in [4.78, 5) is 24.7. The van der Waals surface area contributed by atoms with Crippen LogP contribution >= 0.6 is 0 Å². The largest absolute Gasteiger partial charge is 0.507 e. The van der Waals surface area contributed by atoms with Gasteiger partial charge >= 0.3 is 5.97 Å². The number of rotatable bonds is 4. The normalized spacial score (nSPS) is 12.6. The molecule has 1 aromatic carbocycles. The highest BCUT2D eigenvalue weighted by molar-refractivity contribution is 5.88. The molecule has 0 fully saturated rings. The Kier molecular flexibility index (Phi) is 3.77. The maximum Gasteiger partial charge on any atom is 0.328 e. The molecule has 0 aliphatic heterocycles. The van der Waals surface area contributed by atoms with Gasteiger partial charge in [0, 0.05) is 17.3 Å². The molecule has 0 saturated heterocycles. The molecular weight excluding hydrogens is 210 g/mol. The fourth-order valence-corrected chi connectivity index (χ4v) is 1.01. The van der Waals surface area contributed by atoms with Crippen molar-refractivity contribution in [1.29, 1.82) is 0 Å². The Labute approximate surface area is 92.1 Å². The maximum atomic E-state index is 10.5. The van der Waals surface area contributed by atoms with Crippen molar-refractivity contribution in [3.63, 3.8) is 0 Å². The number of hydrogen-bond acceptors (Lipinski definition) is 4. The van der Waals surface area contributed by atoms with Crippen LogP contribution in [0.3, 0.4) is 0 Å². The van der Waals surface area contributed by atoms with Gasteiger partial charge < -0.3 is 10.2 Å². The second-order valence-corrected chi connectivity index (χ2v) is 3.23. The number of aliphatic imine (C=N–C) groups is 1. The van der Waals surface area contributed by atoms with Gasteiger partial charge in [0.25, 0.3) is 0 Å². The number of aliphatic carboxylic acids is 1. The van der Waals surface area contributed by atoms with Crippen LogP contribution in [0.1, 0.15) is 22.8 Å². The van der Waals surface area contributed by atoms with E-state index in [1.807, 2.05) is 0 Å². The van der Waals surface area contributed by atoms with E-state index in [9.17, 15) is 14.7 Å². The van der Waals surface area contributed by atoms with Gasteiger partial charge in [0.15, 0.2) is 0 Å². The number of phenols is 1. The van der Waals surface area contributed by atoms with E-state index in [1.54, 1.807) is 0 Å². The molecule has 0 radical (unpaired) electrons. The average molecular weight is 221 g/mol. The molecule has 0 saturated carbocycles. The van der Waals surface area contributed by atoms with Gasteiger partial charge in [-0.25, -0.2) is 4.79 Å². The summed E-state index contributed by atoms with van der Waals surface area (Å²) in [7, 11) is 0. The van der Waals surface area contributed by atoms with Gasteiger partial charge in [-0.2, -0.15) is 0 Å². The lowest BCUT2D eigenvalue weighted by molar-refractivity contribution is -0.137. The first-order valence-corrected chi connectivity index (χ1v) is 4.58. The molecule has 2 N–H and O–H groups in total. The minimum Gasteiger partial charge on any atom is -0.507 e. The summed E-state index contributed by atoms with van der Waals surface area (Å²) >= 11 is 0. The zero-order valence-corrected chi connectivity index (χ0v) is 8.62. The standard InChI is InChI=1S/C11H11NO4/c1-7(11(15)16)12-5-9-4-8(6-13)2-3-10(9)14/h2-7,14H,1H3,(H,15,16)/t7-/m1/s1. The number of hydrogen-bond donors (Lipinski definition) is 2. The van der Waals surface area contributed by atoms with Crippen LogP contribution in [0.15, 0.2) is 23.2 Å². The summed E-state index contributed by atoms with van der Waals surface area (Å²) in [5.41, 5.74) is 0.708. The molecule has 0 heterocycles. The van der Waals surface area contributed by atoms with Gasteiger partial charge in [-0.1, -0.05) is 0 Å². The van der Waals surface area contributed by atoms with Gasteiger partial charge in [-0.3, -0.25) is 9.79 Å². The van der Waals surface area contributed by atoms with Crippen LogP contribution in [0.2, 0.25) is 0 Å². The van der Waals surface area contributed by atoms with Gasteiger partial charge in [0.1, 0.15) is 18.1 Å². The Hall–Kier alpha value is -2.17. The quantitative estimate of drug-likeness (QED) is 0.588. The first kappa shape index (κ1) is 11.9. The van der Waals surface area contributed by atoms with E-state index in [4.69, 9.17) is 5.11 Å². The summed E-state index contributed by atoms with van der Waals surface area (Å²) in [5.74, 6) is -1.10. The number of carbonyl (C=O) groups excluding carboxylic acids is 1. The zero-order chi connectivity index (χ0) is 12.1. The number of carboxylic acid groups (broad SMARTS) is 1. The second-order valence-electron chi connectivity index (χ2n) is 3.23. The Morgan fingerprint density at radius 1 is 1.50 bits per heavy atom. The molecule has 5 heteroatoms. The monoisotopic (exact) mass is 221 g/mol. The van der Waals surface area contributed by atoms with E-state index in [2.05, 4.69) is 4.99 Å². The van der Waals surface area contributed by atoms with Crippen LogP contribution < -0.4 is 0 Å². The number of benzene rings is 1. The average Bonchev–Trinajstić information content (AvgIpc) is 2.27. The molecule has 5 nitrogen and oxygen atoms in total. The molecule has 0 aliphatic carbocycles. The maximum absolute atomic E-state index is 10.5. The predicted molar refractivity (Wildman–Crippen MR) is 58.2 cm³/mol. The van der Waals surface area contributed by atoms with Crippen molar-refractivity contribution >= 4 is 18.5 Å². The van der Waals surface area contributed by atoms with Crippen LogP contribution in [-0.2, 0) is 4.79 Å². The number of aldehydes is 1. The van der Waals surface area contributed by atoms with Gasteiger partial charge in [-0.15, -0.1) is 0 Å². The number of carbonyl (C=O) groups is 2. The van der Waals surface area contributed by atoms with E-state index < -0.39 is 12.0 Å². The van der Waals surface area contributed by atoms with Gasteiger partial charge in [0.05, 0.1) is 0 Å². The Morgan fingerprint density at radius 3 is 2.75 bits per heavy atom. The molecular formula is C11H11NO4. The van der Waals surface area contributed by atoms with Crippen LogP contribution in [0, 0.1) is 0 Å². The van der Waals surface area contributed by atoms with Crippen molar-refractivity contribution in [3.8, 4) is 5.75 Å². The molecule has 1 rings (SSSR count). The lowest BCUT2D eigenvalue weighted by Gasteiger charge is -2.01. The highest BCUT2D eigenvalue weighted by Gasteiger charge is 2.07. The van der Waals surface area contributed by atoms with Crippen molar-refractivity contribution in [2.45, 2.75) is 13.0 Å². The van der Waals surface area contributed by atoms with Crippen LogP contribution in [0.25, 0.3) is 0 Å². The molecule has 0 aromatic heterocycles. The first-order valence-electron chi connectivity index (χ1n) is 4.58. The number of carboxylic acids is 1. The van der Waals surface area contributed by atoms with Crippen molar-refractivity contribution in [2.24, 2.45) is 4.99 Å². The zero-order valence-electron chi connectivity index (χ0n) is 8.62. The fourth-order valence-electron chi connectivity index (χ4n) is 1.01. The molecule has 84 valence electrons. The highest BCUT2D eigenvalue weighted by atomic mass is 16.4. The van der Waals surface area contributed by atoms with Crippen LogP contribution in [-0.4, -0.2) is 34.7 Å². The third kappa shape index (κ3) is 2.91. The summed E-state index contributed by atoms with van der Waals surface area (Å²) < 4.78 is 0. The van der Waals surface area contributed by atoms with Crippen molar-refractivity contribution in [3.05, 3.63) is 29.3 Å². The summed E-state index contributed by atoms with van der Waals surface area (Å²) in [5, 5.41) is 18.0. The van der Waals surface area contributed by atoms with E-state index in [-0.39, 0.29) is 5.75 Å². The van der Waals surface area contributed by atoms with Crippen LogP contribution in [0.5, 0.6) is 5.75 Å². The van der Waals surface area contributed by atoms with E-state index in [0.717, 1.165) is 0 Å². The first-order chi connectivity index (χ1) is 7.54. The lowest BCUT2D eigenvalue weighted by Crippen LogP contribution is -2.13. The Morgan fingerprint density at radius 2 is 2.19 bits per heavy atom. The molecule has 0 bridgehead atoms. The number of aromatic hydroxyl groups is 1. The smallest absolute Gasteiger partial charge is 0.328 e. The number of phenolic OH excluding ortho intramolecular Hbond substituents is 1.